The number of carboxylic acids is 1. The number of nitrogens with zero attached hydrogens (tertiary/aromatic N) is 3. The molecule has 0 aromatic heterocycles. The fraction of sp³-hybridized carbons (Fsp3) is 0.357. The highest BCUT2D eigenvalue weighted by Gasteiger charge is 2.49. The van der Waals surface area contributed by atoms with Crippen molar-refractivity contribution in [3.05, 3.63) is 33.9 Å². The molecule has 1 N–H and O–H groups in total. The van der Waals surface area contributed by atoms with Gasteiger partial charge in [-0.25, -0.2) is 14.3 Å². The molecule has 0 aromatic carbocycles. The van der Waals surface area contributed by atoms with E-state index >= 15 is 0 Å². The first-order valence-electron chi connectivity index (χ1n) is 7.07. The normalized spacial score (nSPS) is 21.0. The molecule has 4 aliphatic rings. The summed E-state index contributed by atoms with van der Waals surface area (Å²) < 4.78 is 23.6. The number of morpholine rings is 1. The van der Waals surface area contributed by atoms with E-state index in [1.807, 2.05) is 0 Å². The van der Waals surface area contributed by atoms with Crippen molar-refractivity contribution in [2.45, 2.75) is 10.9 Å². The Labute approximate surface area is 133 Å². The van der Waals surface area contributed by atoms with E-state index in [9.17, 15) is 14.0 Å². The van der Waals surface area contributed by atoms with Gasteiger partial charge in [0.2, 0.25) is 11.3 Å². The molecule has 9 heteroatoms. The molecule has 1 fully saturated rings. The number of carbonyl (C=O) groups is 1. The van der Waals surface area contributed by atoms with Gasteiger partial charge in [0.25, 0.3) is 5.03 Å². The maximum atomic E-state index is 14.5. The molecule has 0 bridgehead atoms. The van der Waals surface area contributed by atoms with Crippen molar-refractivity contribution in [1.82, 2.24) is 13.9 Å². The maximum absolute atomic E-state index is 14.5. The summed E-state index contributed by atoms with van der Waals surface area (Å²) in [5.41, 5.74) is -1.13. The summed E-state index contributed by atoms with van der Waals surface area (Å²) >= 11 is -0.363. The van der Waals surface area contributed by atoms with Gasteiger partial charge in [-0.1, -0.05) is 0 Å². The molecule has 0 aliphatic carbocycles. The molecule has 7 nitrogen and oxygen atoms in total. The lowest BCUT2D eigenvalue weighted by Gasteiger charge is -2.33. The molecule has 0 amide bonds. The Bertz CT molecular complexity index is 834. The lowest BCUT2D eigenvalue weighted by molar-refractivity contribution is 0.0695. The molecule has 0 aromatic rings. The predicted molar refractivity (Wildman–Crippen MR) is 80.1 cm³/mol. The van der Waals surface area contributed by atoms with E-state index in [0.717, 1.165) is 25.4 Å². The van der Waals surface area contributed by atoms with Gasteiger partial charge in [-0.3, -0.25) is 4.79 Å². The number of aromatic nitrogens is 2. The van der Waals surface area contributed by atoms with Crippen LogP contribution in [0.15, 0.2) is 22.1 Å². The van der Waals surface area contributed by atoms with Gasteiger partial charge >= 0.3 is 5.97 Å². The van der Waals surface area contributed by atoms with Crippen LogP contribution in [0.2, 0.25) is 0 Å². The lowest BCUT2D eigenvalue weighted by Crippen LogP contribution is -2.49. The summed E-state index contributed by atoms with van der Waals surface area (Å²) in [6, 6.07) is 1.11. The van der Waals surface area contributed by atoms with Crippen LogP contribution in [0.25, 0.3) is 11.4 Å². The summed E-state index contributed by atoms with van der Waals surface area (Å²) in [6.07, 6.45) is 1.04. The number of carboxylic acid groups (broad SMARTS) is 1. The van der Waals surface area contributed by atoms with Crippen LogP contribution in [-0.2, 0) is 21.7 Å². The van der Waals surface area contributed by atoms with Crippen LogP contribution < -0.4 is 5.43 Å². The topological polar surface area (TPSA) is 84.7 Å². The van der Waals surface area contributed by atoms with Crippen molar-refractivity contribution >= 4 is 17.1 Å². The maximum Gasteiger partial charge on any atom is 0.341 e. The predicted octanol–water partition coefficient (Wildman–Crippen LogP) is 0.381. The van der Waals surface area contributed by atoms with Gasteiger partial charge in [-0.05, 0) is 6.07 Å². The van der Waals surface area contributed by atoms with E-state index in [-0.39, 0.29) is 16.6 Å². The third-order valence-electron chi connectivity index (χ3n) is 4.01. The third kappa shape index (κ3) is 2.15. The fourth-order valence-electron chi connectivity index (χ4n) is 2.86. The summed E-state index contributed by atoms with van der Waals surface area (Å²) in [5, 5.41) is 9.51. The highest BCUT2D eigenvalue weighted by atomic mass is 32.2. The molecule has 4 aliphatic heterocycles. The van der Waals surface area contributed by atoms with Gasteiger partial charge in [0.1, 0.15) is 5.56 Å². The van der Waals surface area contributed by atoms with Crippen molar-refractivity contribution in [2.24, 2.45) is 0 Å². The lowest BCUT2D eigenvalue weighted by atomic mass is 10.1. The molecule has 4 heterocycles. The number of rotatable bonds is 2. The molecule has 1 atom stereocenters. The minimum absolute atomic E-state index is 0.0105. The van der Waals surface area contributed by atoms with Crippen LogP contribution in [0.3, 0.4) is 0 Å². The van der Waals surface area contributed by atoms with Crippen molar-refractivity contribution in [2.75, 3.05) is 26.3 Å². The number of hydrogen-bond donors (Lipinski definition) is 1. The number of aromatic carboxylic acids is 1. The largest absolute Gasteiger partial charge is 0.477 e. The van der Waals surface area contributed by atoms with Gasteiger partial charge in [0.05, 0.1) is 31.9 Å². The van der Waals surface area contributed by atoms with Crippen LogP contribution >= 0.6 is 0 Å². The Morgan fingerprint density at radius 2 is 2.13 bits per heavy atom. The van der Waals surface area contributed by atoms with Gasteiger partial charge in [0, 0.05) is 6.20 Å². The molecule has 23 heavy (non-hydrogen) atoms. The van der Waals surface area contributed by atoms with Crippen LogP contribution in [0.4, 0.5) is 4.39 Å². The molecule has 120 valence electrons. The van der Waals surface area contributed by atoms with E-state index in [2.05, 4.69) is 9.29 Å². The van der Waals surface area contributed by atoms with Crippen LogP contribution in [0, 0.1) is 5.82 Å². The average Bonchev–Trinajstić information content (AvgIpc) is 2.49. The van der Waals surface area contributed by atoms with Crippen molar-refractivity contribution in [3.8, 4) is 11.4 Å². The first-order chi connectivity index (χ1) is 11.1. The van der Waals surface area contributed by atoms with Crippen LogP contribution in [0.5, 0.6) is 0 Å². The van der Waals surface area contributed by atoms with Crippen molar-refractivity contribution in [1.29, 1.82) is 0 Å². The molecule has 0 radical (unpaired) electrons. The van der Waals surface area contributed by atoms with E-state index in [4.69, 9.17) is 9.84 Å². The number of halogens is 1. The van der Waals surface area contributed by atoms with Crippen LogP contribution in [0.1, 0.15) is 10.4 Å². The van der Waals surface area contributed by atoms with Crippen LogP contribution in [-0.4, -0.2) is 51.2 Å². The standard InChI is InChI=1S/C14H12FN3O4S/c15-10-5-8-11(19)9(14(20)21)6-16-12(8)18-7-23(13(10)18)17-1-3-22-4-2-17/h5-6H,1-4,7H2/p+1. The molecular weight excluding hydrogens is 325 g/mol. The first kappa shape index (κ1) is 14.6. The highest BCUT2D eigenvalue weighted by Crippen LogP contribution is 2.37. The van der Waals surface area contributed by atoms with Gasteiger partial charge < -0.3 is 9.84 Å². The van der Waals surface area contributed by atoms with Crippen molar-refractivity contribution in [3.63, 3.8) is 0 Å². The first-order valence-corrected chi connectivity index (χ1v) is 8.42. The summed E-state index contributed by atoms with van der Waals surface area (Å²) in [6.45, 7) is 2.75. The fourth-order valence-corrected chi connectivity index (χ4v) is 4.95. The van der Waals surface area contributed by atoms with E-state index in [1.165, 1.54) is 0 Å². The second-order valence-electron chi connectivity index (χ2n) is 5.30. The third-order valence-corrected chi connectivity index (χ3v) is 6.36. The zero-order valence-electron chi connectivity index (χ0n) is 12.0. The zero-order chi connectivity index (χ0) is 16.1. The van der Waals surface area contributed by atoms with E-state index in [0.29, 0.717) is 29.9 Å². The van der Waals surface area contributed by atoms with Gasteiger partial charge in [0.15, 0.2) is 22.7 Å². The second kappa shape index (κ2) is 5.29. The Morgan fingerprint density at radius 3 is 2.83 bits per heavy atom. The average molecular weight is 338 g/mol. The minimum atomic E-state index is -1.36. The minimum Gasteiger partial charge on any atom is -0.477 e. The summed E-state index contributed by atoms with van der Waals surface area (Å²) in [7, 11) is 0. The molecule has 4 rings (SSSR count). The quantitative estimate of drug-likeness (QED) is 0.797. The SMILES string of the molecule is O=C(O)c1cnc2n3c(c(F)cc-2c1=O)[S+](N1CCOCC1)C3. The number of hydrogen-bond acceptors (Lipinski definition) is 5. The Balaban J connectivity index is 1.81. The number of ether oxygens (including phenoxy) is 1. The van der Waals surface area contributed by atoms with Gasteiger partial charge in [-0.15, -0.1) is 4.31 Å². The number of pyridine rings is 2. The Morgan fingerprint density at radius 1 is 1.39 bits per heavy atom. The molecule has 0 spiro atoms. The van der Waals surface area contributed by atoms with Crippen molar-refractivity contribution < 1.29 is 19.0 Å². The van der Waals surface area contributed by atoms with Gasteiger partial charge in [-0.2, -0.15) is 4.39 Å². The molecule has 0 saturated carbocycles. The van der Waals surface area contributed by atoms with E-state index in [1.54, 1.807) is 4.57 Å². The smallest absolute Gasteiger partial charge is 0.341 e. The molecule has 1 saturated heterocycles. The monoisotopic (exact) mass is 338 g/mol. The molecular formula is C14H13FN3O4S+. The summed E-state index contributed by atoms with van der Waals surface area (Å²) in [4.78, 5) is 27.3. The second-order valence-corrected chi connectivity index (χ2v) is 7.19. The summed E-state index contributed by atoms with van der Waals surface area (Å²) in [5.74, 6) is -0.943. The Hall–Kier alpha value is -1.97. The molecule has 1 unspecified atom stereocenters. The van der Waals surface area contributed by atoms with E-state index < -0.39 is 22.8 Å². The number of fused-ring (bicyclic) bond motifs is 3. The highest BCUT2D eigenvalue weighted by molar-refractivity contribution is 7.94. The zero-order valence-corrected chi connectivity index (χ0v) is 12.8. The Kier molecular flexibility index (Phi) is 3.36.